The highest BCUT2D eigenvalue weighted by molar-refractivity contribution is 7.64. The average Bonchev–Trinajstić information content (AvgIpc) is 1.88. The van der Waals surface area contributed by atoms with Gasteiger partial charge < -0.3 is 5.11 Å². The summed E-state index contributed by atoms with van der Waals surface area (Å²) in [6.07, 6.45) is 0. The molecule has 0 aromatic heterocycles. The molecule has 52 valence electrons. The highest BCUT2D eigenvalue weighted by Gasteiger charge is 1.96. The average molecular weight is 154 g/mol. The Hall–Kier alpha value is -0.880. The largest absolute Gasteiger partial charge is 0.478 e. The number of carbonyl (C=O) groups is 1. The summed E-state index contributed by atoms with van der Waals surface area (Å²) in [6.45, 7) is 0. The summed E-state index contributed by atoms with van der Waals surface area (Å²) in [5.74, 6) is 0. The van der Waals surface area contributed by atoms with Crippen LogP contribution < -0.4 is 5.30 Å². The van der Waals surface area contributed by atoms with Crippen molar-refractivity contribution in [3.63, 3.8) is 0 Å². The lowest BCUT2D eigenvalue weighted by Crippen LogP contribution is -1.95. The maximum Gasteiger partial charge on any atom is 0.325 e. The van der Waals surface area contributed by atoms with E-state index >= 15 is 0 Å². The number of rotatable bonds is 2. The maximum absolute atomic E-state index is 10.2. The van der Waals surface area contributed by atoms with Gasteiger partial charge in [0.15, 0.2) is 0 Å². The number of benzene rings is 1. The molecule has 0 radical (unpaired) electrons. The minimum Gasteiger partial charge on any atom is -0.478 e. The third-order valence-electron chi connectivity index (χ3n) is 1.03. The van der Waals surface area contributed by atoms with Crippen LogP contribution in [0.25, 0.3) is 0 Å². The highest BCUT2D eigenvalue weighted by atomic mass is 31.1. The molecule has 0 aliphatic rings. The van der Waals surface area contributed by atoms with Gasteiger partial charge in [-0.3, -0.25) is 0 Å². The lowest BCUT2D eigenvalue weighted by molar-refractivity contribution is 0.221. The van der Waals surface area contributed by atoms with E-state index in [4.69, 9.17) is 5.11 Å². The van der Waals surface area contributed by atoms with Crippen molar-refractivity contribution in [2.24, 2.45) is 0 Å². The van der Waals surface area contributed by atoms with E-state index in [9.17, 15) is 4.79 Å². The molecule has 1 unspecified atom stereocenters. The molecule has 0 aliphatic heterocycles. The van der Waals surface area contributed by atoms with E-state index < -0.39 is 5.71 Å². The monoisotopic (exact) mass is 154 g/mol. The van der Waals surface area contributed by atoms with Gasteiger partial charge in [0, 0.05) is 8.58 Å². The Labute approximate surface area is 60.7 Å². The van der Waals surface area contributed by atoms with Crippen LogP contribution in [0, 0.1) is 0 Å². The molecule has 3 heteroatoms. The molecule has 0 fully saturated rings. The molecule has 1 aromatic carbocycles. The predicted molar refractivity (Wildman–Crippen MR) is 42.4 cm³/mol. The molecular formula is C7H7O2P. The summed E-state index contributed by atoms with van der Waals surface area (Å²) < 4.78 is 0. The Bertz CT molecular complexity index is 220. The fourth-order valence-corrected chi connectivity index (χ4v) is 1.25. The third-order valence-corrected chi connectivity index (χ3v) is 1.86. The molecule has 1 aromatic rings. The summed E-state index contributed by atoms with van der Waals surface area (Å²) in [5, 5.41) is 9.25. The zero-order valence-corrected chi connectivity index (χ0v) is 6.24. The van der Waals surface area contributed by atoms with Gasteiger partial charge in [0.1, 0.15) is 0 Å². The second-order valence-corrected chi connectivity index (χ2v) is 3.05. The molecule has 0 heterocycles. The van der Waals surface area contributed by atoms with Crippen molar-refractivity contribution < 1.29 is 9.90 Å². The number of hydrogen-bond acceptors (Lipinski definition) is 1. The minimum absolute atomic E-state index is 0.122. The zero-order valence-electron chi connectivity index (χ0n) is 5.24. The molecule has 0 saturated carbocycles. The number of carboxylic acid groups (broad SMARTS) is 1. The van der Waals surface area contributed by atoms with Gasteiger partial charge in [0.2, 0.25) is 0 Å². The molecule has 0 bridgehead atoms. The standard InChI is InChI=1S/C7H7O2P/c8-7(9)10-6-4-2-1-3-5-6/h1-5,10H,(H,8,9). The first-order valence-electron chi connectivity index (χ1n) is 2.84. The Balaban J connectivity index is 2.67. The summed E-state index contributed by atoms with van der Waals surface area (Å²) in [6, 6.07) is 9.17. The van der Waals surface area contributed by atoms with Gasteiger partial charge in [-0.05, 0) is 5.30 Å². The van der Waals surface area contributed by atoms with Crippen molar-refractivity contribution in [2.75, 3.05) is 0 Å². The summed E-state index contributed by atoms with van der Waals surface area (Å²) >= 11 is 0. The fraction of sp³-hybridized carbons (Fsp3) is 0. The van der Waals surface area contributed by atoms with Crippen molar-refractivity contribution in [3.05, 3.63) is 30.3 Å². The SMILES string of the molecule is O=C(O)Pc1ccccc1. The Kier molecular flexibility index (Phi) is 2.41. The van der Waals surface area contributed by atoms with Crippen molar-refractivity contribution in [2.45, 2.75) is 0 Å². The maximum atomic E-state index is 10.2. The van der Waals surface area contributed by atoms with E-state index in [0.29, 0.717) is 0 Å². The first kappa shape index (κ1) is 7.23. The van der Waals surface area contributed by atoms with Gasteiger partial charge >= 0.3 is 5.71 Å². The van der Waals surface area contributed by atoms with Crippen molar-refractivity contribution >= 4 is 19.6 Å². The Morgan fingerprint density at radius 2 is 1.90 bits per heavy atom. The van der Waals surface area contributed by atoms with E-state index in [0.717, 1.165) is 5.30 Å². The van der Waals surface area contributed by atoms with Crippen LogP contribution in [0.4, 0.5) is 4.79 Å². The lowest BCUT2D eigenvalue weighted by Gasteiger charge is -1.92. The van der Waals surface area contributed by atoms with E-state index in [-0.39, 0.29) is 8.58 Å². The fourth-order valence-electron chi connectivity index (χ4n) is 0.645. The van der Waals surface area contributed by atoms with Crippen LogP contribution in [0.1, 0.15) is 0 Å². The van der Waals surface area contributed by atoms with E-state index in [1.165, 1.54) is 0 Å². The van der Waals surface area contributed by atoms with E-state index in [2.05, 4.69) is 0 Å². The van der Waals surface area contributed by atoms with Crippen LogP contribution in [0.2, 0.25) is 0 Å². The topological polar surface area (TPSA) is 37.3 Å². The van der Waals surface area contributed by atoms with Gasteiger partial charge in [-0.2, -0.15) is 0 Å². The first-order chi connectivity index (χ1) is 4.79. The molecule has 2 nitrogen and oxygen atoms in total. The Morgan fingerprint density at radius 3 is 2.40 bits per heavy atom. The minimum atomic E-state index is -0.758. The second kappa shape index (κ2) is 3.33. The Morgan fingerprint density at radius 1 is 1.30 bits per heavy atom. The molecule has 1 atom stereocenters. The normalized spacial score (nSPS) is 10.4. The zero-order chi connectivity index (χ0) is 7.40. The second-order valence-electron chi connectivity index (χ2n) is 1.80. The molecule has 0 aliphatic carbocycles. The van der Waals surface area contributed by atoms with Crippen LogP contribution in [-0.2, 0) is 0 Å². The quantitative estimate of drug-likeness (QED) is 0.658. The van der Waals surface area contributed by atoms with Crippen molar-refractivity contribution in [3.8, 4) is 0 Å². The van der Waals surface area contributed by atoms with Crippen LogP contribution in [0.5, 0.6) is 0 Å². The van der Waals surface area contributed by atoms with Gasteiger partial charge in [0.25, 0.3) is 0 Å². The lowest BCUT2D eigenvalue weighted by atomic mass is 10.4. The summed E-state index contributed by atoms with van der Waals surface area (Å²) in [7, 11) is -0.122. The van der Waals surface area contributed by atoms with Gasteiger partial charge in [-0.25, -0.2) is 4.79 Å². The first-order valence-corrected chi connectivity index (χ1v) is 3.84. The van der Waals surface area contributed by atoms with Gasteiger partial charge in [-0.15, -0.1) is 0 Å². The molecule has 0 spiro atoms. The summed E-state index contributed by atoms with van der Waals surface area (Å²) in [5.41, 5.74) is -0.758. The molecule has 1 N–H and O–H groups in total. The molecule has 0 saturated heterocycles. The van der Waals surface area contributed by atoms with Crippen LogP contribution in [0.15, 0.2) is 30.3 Å². The molecular weight excluding hydrogens is 147 g/mol. The molecule has 0 amide bonds. The molecule has 10 heavy (non-hydrogen) atoms. The van der Waals surface area contributed by atoms with Gasteiger partial charge in [0.05, 0.1) is 0 Å². The number of hydrogen-bond donors (Lipinski definition) is 1. The third kappa shape index (κ3) is 2.16. The molecule has 1 rings (SSSR count). The van der Waals surface area contributed by atoms with Crippen LogP contribution >= 0.6 is 8.58 Å². The van der Waals surface area contributed by atoms with Crippen LogP contribution in [0.3, 0.4) is 0 Å². The highest BCUT2D eigenvalue weighted by Crippen LogP contribution is 2.08. The van der Waals surface area contributed by atoms with Crippen LogP contribution in [-0.4, -0.2) is 10.8 Å². The van der Waals surface area contributed by atoms with Gasteiger partial charge in [-0.1, -0.05) is 30.3 Å². The van der Waals surface area contributed by atoms with E-state index in [1.54, 1.807) is 0 Å². The smallest absolute Gasteiger partial charge is 0.325 e. The summed E-state index contributed by atoms with van der Waals surface area (Å²) in [4.78, 5) is 10.2. The van der Waals surface area contributed by atoms with Crippen molar-refractivity contribution in [1.29, 1.82) is 0 Å². The predicted octanol–water partition coefficient (Wildman–Crippen LogP) is 1.67. The van der Waals surface area contributed by atoms with E-state index in [1.807, 2.05) is 30.3 Å². The van der Waals surface area contributed by atoms with Crippen molar-refractivity contribution in [1.82, 2.24) is 0 Å².